The molecule has 0 aliphatic heterocycles. The van der Waals surface area contributed by atoms with Gasteiger partial charge in [-0.25, -0.2) is 0 Å². The molecule has 9 nitrogen and oxygen atoms in total. The predicted octanol–water partition coefficient (Wildman–Crippen LogP) is 2.91. The van der Waals surface area contributed by atoms with Crippen LogP contribution >= 0.6 is 0 Å². The molecule has 0 aromatic carbocycles. The number of nitrogens with one attached hydrogen (secondary N) is 2. The van der Waals surface area contributed by atoms with Crippen molar-refractivity contribution in [2.75, 3.05) is 15.7 Å². The summed E-state index contributed by atoms with van der Waals surface area (Å²) in [7, 11) is 0. The Morgan fingerprint density at radius 1 is 0.821 bits per heavy atom. The van der Waals surface area contributed by atoms with Crippen molar-refractivity contribution in [3.05, 3.63) is 85.8 Å². The lowest BCUT2D eigenvalue weighted by atomic mass is 10.3. The molecule has 2 N–H and O–H groups in total. The van der Waals surface area contributed by atoms with Crippen molar-refractivity contribution in [2.24, 2.45) is 0 Å². The number of hydrogen-bond acceptors (Lipinski definition) is 9. The molecule has 0 unspecified atom stereocenters. The normalized spacial score (nSPS) is 10.0. The Hall–Kier alpha value is -4.01. The van der Waals surface area contributed by atoms with Crippen LogP contribution in [0.2, 0.25) is 0 Å². The number of nitrogens with zero attached hydrogens (tertiary/aromatic N) is 6. The van der Waals surface area contributed by atoms with E-state index in [0.717, 1.165) is 11.1 Å². The second-order valence-electron chi connectivity index (χ2n) is 5.48. The maximum atomic E-state index is 5.27. The molecule has 0 saturated heterocycles. The number of hydrogen-bond donors (Lipinski definition) is 2. The third-order valence-electron chi connectivity index (χ3n) is 3.57. The standard InChI is InChI=1S/C19H20N8O/c1-3-27(28-4-2)19-25-17(22-13-15-5-9-20-10-6-15)24-18(26-19)23-14-16-7-11-21-12-8-16/h3-12H,1-2,13-14H2,(H2,22,23,24,25,26). The Labute approximate surface area is 162 Å². The first-order valence-electron chi connectivity index (χ1n) is 8.49. The molecule has 0 fully saturated rings. The molecule has 28 heavy (non-hydrogen) atoms. The molecule has 0 radical (unpaired) electrons. The van der Waals surface area contributed by atoms with E-state index >= 15 is 0 Å². The molecule has 0 amide bonds. The number of hydroxylamine groups is 1. The van der Waals surface area contributed by atoms with E-state index in [9.17, 15) is 0 Å². The van der Waals surface area contributed by atoms with Gasteiger partial charge >= 0.3 is 0 Å². The minimum Gasteiger partial charge on any atom is -0.381 e. The fourth-order valence-electron chi connectivity index (χ4n) is 2.24. The zero-order valence-corrected chi connectivity index (χ0v) is 15.2. The van der Waals surface area contributed by atoms with Gasteiger partial charge in [-0.15, -0.1) is 5.06 Å². The molecule has 142 valence electrons. The predicted molar refractivity (Wildman–Crippen MR) is 107 cm³/mol. The van der Waals surface area contributed by atoms with Crippen molar-refractivity contribution in [3.63, 3.8) is 0 Å². The number of anilines is 3. The first-order chi connectivity index (χ1) is 13.8. The van der Waals surface area contributed by atoms with Crippen molar-refractivity contribution in [1.82, 2.24) is 24.9 Å². The summed E-state index contributed by atoms with van der Waals surface area (Å²) in [5, 5.41) is 7.65. The van der Waals surface area contributed by atoms with E-state index in [2.05, 4.69) is 48.7 Å². The average molecular weight is 376 g/mol. The molecular weight excluding hydrogens is 356 g/mol. The third-order valence-corrected chi connectivity index (χ3v) is 3.57. The monoisotopic (exact) mass is 376 g/mol. The van der Waals surface area contributed by atoms with Gasteiger partial charge in [0.05, 0.1) is 0 Å². The quantitative estimate of drug-likeness (QED) is 0.408. The molecule has 3 aromatic rings. The number of aromatic nitrogens is 5. The SMILES string of the molecule is C=CON(C=C)c1nc(NCc2ccncc2)nc(NCc2ccncc2)n1. The molecule has 0 aliphatic rings. The van der Waals surface area contributed by atoms with Crippen LogP contribution in [-0.4, -0.2) is 24.9 Å². The van der Waals surface area contributed by atoms with Crippen molar-refractivity contribution in [2.45, 2.75) is 13.1 Å². The van der Waals surface area contributed by atoms with Gasteiger partial charge in [0.1, 0.15) is 6.26 Å². The Balaban J connectivity index is 1.80. The summed E-state index contributed by atoms with van der Waals surface area (Å²) < 4.78 is 0. The first kappa shape index (κ1) is 18.8. The number of rotatable bonds is 10. The van der Waals surface area contributed by atoms with Gasteiger partial charge < -0.3 is 15.5 Å². The summed E-state index contributed by atoms with van der Waals surface area (Å²) in [6.45, 7) is 8.31. The van der Waals surface area contributed by atoms with Gasteiger partial charge in [0.15, 0.2) is 0 Å². The maximum absolute atomic E-state index is 5.27. The minimum absolute atomic E-state index is 0.263. The Morgan fingerprint density at radius 2 is 1.32 bits per heavy atom. The zero-order chi connectivity index (χ0) is 19.6. The summed E-state index contributed by atoms with van der Waals surface area (Å²) in [5.41, 5.74) is 2.09. The van der Waals surface area contributed by atoms with Crippen molar-refractivity contribution < 1.29 is 4.84 Å². The van der Waals surface area contributed by atoms with Crippen LogP contribution in [0.15, 0.2) is 74.7 Å². The Bertz CT molecular complexity index is 843. The van der Waals surface area contributed by atoms with E-state index in [1.165, 1.54) is 17.5 Å². The van der Waals surface area contributed by atoms with Crippen molar-refractivity contribution >= 4 is 17.8 Å². The van der Waals surface area contributed by atoms with E-state index in [0.29, 0.717) is 25.0 Å². The van der Waals surface area contributed by atoms with Gasteiger partial charge in [0, 0.05) is 44.1 Å². The van der Waals surface area contributed by atoms with Crippen LogP contribution in [0.5, 0.6) is 0 Å². The summed E-state index contributed by atoms with van der Waals surface area (Å²) in [5.74, 6) is 1.04. The summed E-state index contributed by atoms with van der Waals surface area (Å²) >= 11 is 0. The Kier molecular flexibility index (Phi) is 6.45. The molecule has 9 heteroatoms. The molecule has 0 bridgehead atoms. The van der Waals surface area contributed by atoms with Gasteiger partial charge in [0.25, 0.3) is 5.95 Å². The largest absolute Gasteiger partial charge is 0.381 e. The van der Waals surface area contributed by atoms with Gasteiger partial charge in [-0.1, -0.05) is 13.2 Å². The molecule has 3 rings (SSSR count). The number of pyridine rings is 2. The van der Waals surface area contributed by atoms with E-state index in [4.69, 9.17) is 4.84 Å². The molecular formula is C19H20N8O. The second kappa shape index (κ2) is 9.62. The summed E-state index contributed by atoms with van der Waals surface area (Å²) in [6, 6.07) is 7.65. The molecule has 0 atom stereocenters. The minimum atomic E-state index is 0.263. The van der Waals surface area contributed by atoms with E-state index in [-0.39, 0.29) is 5.95 Å². The van der Waals surface area contributed by atoms with Crippen LogP contribution in [0.4, 0.5) is 17.8 Å². The maximum Gasteiger partial charge on any atom is 0.270 e. The molecule has 3 heterocycles. The van der Waals surface area contributed by atoms with Gasteiger partial charge in [0.2, 0.25) is 11.9 Å². The summed E-state index contributed by atoms with van der Waals surface area (Å²) in [4.78, 5) is 26.5. The highest BCUT2D eigenvalue weighted by Crippen LogP contribution is 2.16. The van der Waals surface area contributed by atoms with Gasteiger partial charge in [-0.3, -0.25) is 9.97 Å². The third kappa shape index (κ3) is 5.24. The molecule has 0 saturated carbocycles. The van der Waals surface area contributed by atoms with Crippen LogP contribution in [-0.2, 0) is 17.9 Å². The van der Waals surface area contributed by atoms with E-state index in [1.54, 1.807) is 24.8 Å². The second-order valence-corrected chi connectivity index (χ2v) is 5.48. The molecule has 0 spiro atoms. The smallest absolute Gasteiger partial charge is 0.270 e. The fraction of sp³-hybridized carbons (Fsp3) is 0.105. The average Bonchev–Trinajstić information content (AvgIpc) is 2.76. The highest BCUT2D eigenvalue weighted by molar-refractivity contribution is 5.44. The van der Waals surface area contributed by atoms with Crippen LogP contribution in [0.3, 0.4) is 0 Å². The summed E-state index contributed by atoms with van der Waals surface area (Å²) in [6.07, 6.45) is 9.63. The Morgan fingerprint density at radius 3 is 1.75 bits per heavy atom. The lowest BCUT2D eigenvalue weighted by molar-refractivity contribution is 0.245. The van der Waals surface area contributed by atoms with E-state index < -0.39 is 0 Å². The van der Waals surface area contributed by atoms with Crippen molar-refractivity contribution in [3.8, 4) is 0 Å². The van der Waals surface area contributed by atoms with Gasteiger partial charge in [-0.05, 0) is 35.4 Å². The fourth-order valence-corrected chi connectivity index (χ4v) is 2.24. The molecule has 3 aromatic heterocycles. The van der Waals surface area contributed by atoms with Gasteiger partial charge in [-0.2, -0.15) is 15.0 Å². The first-order valence-corrected chi connectivity index (χ1v) is 8.49. The topological polar surface area (TPSA) is 101 Å². The highest BCUT2D eigenvalue weighted by atomic mass is 16.7. The van der Waals surface area contributed by atoms with Crippen molar-refractivity contribution in [1.29, 1.82) is 0 Å². The van der Waals surface area contributed by atoms with Crippen LogP contribution < -0.4 is 15.7 Å². The van der Waals surface area contributed by atoms with Crippen LogP contribution in [0.25, 0.3) is 0 Å². The van der Waals surface area contributed by atoms with E-state index in [1.807, 2.05) is 24.3 Å². The lowest BCUT2D eigenvalue weighted by Gasteiger charge is -2.17. The van der Waals surface area contributed by atoms with Crippen LogP contribution in [0.1, 0.15) is 11.1 Å². The van der Waals surface area contributed by atoms with Crippen LogP contribution in [0, 0.1) is 0 Å². The molecule has 0 aliphatic carbocycles. The zero-order valence-electron chi connectivity index (χ0n) is 15.2. The highest BCUT2D eigenvalue weighted by Gasteiger charge is 2.12. The lowest BCUT2D eigenvalue weighted by Crippen LogP contribution is -2.19.